The number of carboxylic acids is 2. The summed E-state index contributed by atoms with van der Waals surface area (Å²) in [5, 5.41) is 16.6. The highest BCUT2D eigenvalue weighted by molar-refractivity contribution is 6.63. The summed E-state index contributed by atoms with van der Waals surface area (Å²) in [5.74, 6) is -6.63. The van der Waals surface area contributed by atoms with Crippen molar-refractivity contribution in [1.82, 2.24) is 0 Å². The molecule has 0 bridgehead atoms. The van der Waals surface area contributed by atoms with Gasteiger partial charge in [0.05, 0.1) is 0 Å². The molecule has 0 rings (SSSR count). The van der Waals surface area contributed by atoms with Crippen LogP contribution in [0, 0.1) is 5.41 Å². The molecule has 0 aliphatic heterocycles. The summed E-state index contributed by atoms with van der Waals surface area (Å²) in [6.07, 6.45) is 0. The van der Waals surface area contributed by atoms with Gasteiger partial charge in [0.1, 0.15) is 5.41 Å². The van der Waals surface area contributed by atoms with Crippen LogP contribution in [0.25, 0.3) is 0 Å². The van der Waals surface area contributed by atoms with Crippen LogP contribution < -0.4 is 0 Å². The van der Waals surface area contributed by atoms with Crippen LogP contribution in [0.15, 0.2) is 0 Å². The average Bonchev–Trinajstić information content (AvgIpc) is 2.01. The summed E-state index contributed by atoms with van der Waals surface area (Å²) >= 11 is 0. The molecule has 0 aromatic rings. The third-order valence-corrected chi connectivity index (χ3v) is 1.50. The molecule has 0 aliphatic carbocycles. The van der Waals surface area contributed by atoms with E-state index < -0.39 is 28.9 Å². The molecule has 72 valence electrons. The first-order valence-corrected chi connectivity index (χ1v) is 3.26. The van der Waals surface area contributed by atoms with Crippen molar-refractivity contribution in [2.75, 3.05) is 0 Å². The molecule has 6 nitrogen and oxygen atoms in total. The molecule has 0 atom stereocenters. The van der Waals surface area contributed by atoms with E-state index in [0.29, 0.717) is 0 Å². The molecule has 0 fully saturated rings. The molecule has 0 radical (unpaired) electrons. The predicted octanol–water partition coefficient (Wildman–Crippen LogP) is -0.680. The second-order valence-corrected chi connectivity index (χ2v) is 2.89. The van der Waals surface area contributed by atoms with Crippen molar-refractivity contribution in [2.24, 2.45) is 5.41 Å². The highest BCUT2D eigenvalue weighted by atomic mass is 16.4. The lowest BCUT2D eigenvalue weighted by atomic mass is 9.86. The number of aliphatic carboxylic acids is 2. The third kappa shape index (κ3) is 2.11. The molecular weight excluding hydrogens is 180 g/mol. The molecule has 0 unspecified atom stereocenters. The Balaban J connectivity index is 4.91. The fourth-order valence-electron chi connectivity index (χ4n) is 0.478. The van der Waals surface area contributed by atoms with E-state index in [2.05, 4.69) is 0 Å². The first-order valence-electron chi connectivity index (χ1n) is 3.26. The van der Waals surface area contributed by atoms with E-state index in [-0.39, 0.29) is 0 Å². The number of ketones is 2. The van der Waals surface area contributed by atoms with Gasteiger partial charge in [-0.25, -0.2) is 4.79 Å². The summed E-state index contributed by atoms with van der Waals surface area (Å²) in [6, 6.07) is 0. The number of carbonyl (C=O) groups excluding carboxylic acids is 2. The minimum atomic E-state index is -1.99. The Hall–Kier alpha value is -1.72. The van der Waals surface area contributed by atoms with Crippen LogP contribution in [0.1, 0.15) is 13.8 Å². The third-order valence-electron chi connectivity index (χ3n) is 1.50. The Labute approximate surface area is 73.2 Å². The van der Waals surface area contributed by atoms with Crippen molar-refractivity contribution in [2.45, 2.75) is 13.8 Å². The standard InChI is InChI=1S/C7H8O6/c1-7(2,6(12)13)4(9)3(8)5(10)11/h1-2H3,(H,10,11)(H,12,13). The minimum absolute atomic E-state index is 0.971. The number of carbonyl (C=O) groups is 4. The van der Waals surface area contributed by atoms with Crippen LogP contribution in [0.3, 0.4) is 0 Å². The Bertz CT molecular complexity index is 287. The normalized spacial score (nSPS) is 10.6. The maximum absolute atomic E-state index is 10.9. The Morgan fingerprint density at radius 3 is 1.62 bits per heavy atom. The van der Waals surface area contributed by atoms with Crippen molar-refractivity contribution < 1.29 is 29.4 Å². The van der Waals surface area contributed by atoms with Crippen LogP contribution in [-0.2, 0) is 19.2 Å². The Morgan fingerprint density at radius 2 is 1.38 bits per heavy atom. The van der Waals surface area contributed by atoms with E-state index in [1.807, 2.05) is 0 Å². The van der Waals surface area contributed by atoms with Crippen molar-refractivity contribution in [3.63, 3.8) is 0 Å². The summed E-state index contributed by atoms with van der Waals surface area (Å²) in [4.78, 5) is 42.0. The summed E-state index contributed by atoms with van der Waals surface area (Å²) < 4.78 is 0. The van der Waals surface area contributed by atoms with Crippen LogP contribution in [0.4, 0.5) is 0 Å². The van der Waals surface area contributed by atoms with E-state index in [1.54, 1.807) is 0 Å². The molecule has 0 aliphatic rings. The molecule has 0 heterocycles. The zero-order valence-corrected chi connectivity index (χ0v) is 7.03. The predicted molar refractivity (Wildman–Crippen MR) is 39.1 cm³/mol. The second-order valence-electron chi connectivity index (χ2n) is 2.89. The van der Waals surface area contributed by atoms with Crippen LogP contribution >= 0.6 is 0 Å². The molecule has 6 heteroatoms. The number of carboxylic acid groups (broad SMARTS) is 2. The molecule has 13 heavy (non-hydrogen) atoms. The second kappa shape index (κ2) is 3.34. The largest absolute Gasteiger partial charge is 0.480 e. The smallest absolute Gasteiger partial charge is 0.380 e. The van der Waals surface area contributed by atoms with Gasteiger partial charge in [-0.15, -0.1) is 0 Å². The van der Waals surface area contributed by atoms with Gasteiger partial charge in [-0.3, -0.25) is 14.4 Å². The minimum Gasteiger partial charge on any atom is -0.480 e. The van der Waals surface area contributed by atoms with E-state index in [4.69, 9.17) is 10.2 Å². The first kappa shape index (κ1) is 11.3. The van der Waals surface area contributed by atoms with Crippen molar-refractivity contribution in [3.05, 3.63) is 0 Å². The maximum Gasteiger partial charge on any atom is 0.380 e. The van der Waals surface area contributed by atoms with Gasteiger partial charge in [0.25, 0.3) is 0 Å². The van der Waals surface area contributed by atoms with Crippen molar-refractivity contribution >= 4 is 23.5 Å². The molecule has 0 aromatic carbocycles. The van der Waals surface area contributed by atoms with Crippen molar-refractivity contribution in [3.8, 4) is 0 Å². The number of rotatable bonds is 4. The topological polar surface area (TPSA) is 109 Å². The van der Waals surface area contributed by atoms with Crippen LogP contribution in [-0.4, -0.2) is 33.7 Å². The monoisotopic (exact) mass is 188 g/mol. The van der Waals surface area contributed by atoms with E-state index in [0.717, 1.165) is 13.8 Å². The average molecular weight is 188 g/mol. The first-order chi connectivity index (χ1) is 5.71. The van der Waals surface area contributed by atoms with Gasteiger partial charge in [0.15, 0.2) is 0 Å². The lowest BCUT2D eigenvalue weighted by Crippen LogP contribution is -2.41. The molecule has 2 N–H and O–H groups in total. The van der Waals surface area contributed by atoms with E-state index >= 15 is 0 Å². The molecule has 0 amide bonds. The van der Waals surface area contributed by atoms with Crippen LogP contribution in [0.5, 0.6) is 0 Å². The van der Waals surface area contributed by atoms with Gasteiger partial charge in [0.2, 0.25) is 5.78 Å². The van der Waals surface area contributed by atoms with Gasteiger partial charge in [0, 0.05) is 0 Å². The van der Waals surface area contributed by atoms with E-state index in [9.17, 15) is 19.2 Å². The highest BCUT2D eigenvalue weighted by Gasteiger charge is 2.42. The molecule has 0 saturated heterocycles. The highest BCUT2D eigenvalue weighted by Crippen LogP contribution is 2.16. The molecule has 0 aromatic heterocycles. The van der Waals surface area contributed by atoms with Crippen LogP contribution in [0.2, 0.25) is 0 Å². The summed E-state index contributed by atoms with van der Waals surface area (Å²) in [5.41, 5.74) is -1.99. The SMILES string of the molecule is CC(C)(C(=O)O)C(=O)C(=O)C(=O)O. The number of hydrogen-bond acceptors (Lipinski definition) is 4. The molecular formula is C7H8O6. The fraction of sp³-hybridized carbons (Fsp3) is 0.429. The van der Waals surface area contributed by atoms with Gasteiger partial charge in [-0.05, 0) is 13.8 Å². The lowest BCUT2D eigenvalue weighted by Gasteiger charge is -2.14. The quantitative estimate of drug-likeness (QED) is 0.447. The van der Waals surface area contributed by atoms with Crippen molar-refractivity contribution in [1.29, 1.82) is 0 Å². The molecule has 0 saturated carbocycles. The Morgan fingerprint density at radius 1 is 1.00 bits per heavy atom. The lowest BCUT2D eigenvalue weighted by molar-refractivity contribution is -0.160. The number of hydrogen-bond donors (Lipinski definition) is 2. The fourth-order valence-corrected chi connectivity index (χ4v) is 0.478. The van der Waals surface area contributed by atoms with Gasteiger partial charge in [-0.1, -0.05) is 0 Å². The zero-order chi connectivity index (χ0) is 10.8. The van der Waals surface area contributed by atoms with Gasteiger partial charge >= 0.3 is 17.7 Å². The summed E-state index contributed by atoms with van der Waals surface area (Å²) in [7, 11) is 0. The van der Waals surface area contributed by atoms with Gasteiger partial charge in [-0.2, -0.15) is 0 Å². The van der Waals surface area contributed by atoms with E-state index in [1.165, 1.54) is 0 Å². The Kier molecular flexibility index (Phi) is 2.90. The zero-order valence-electron chi connectivity index (χ0n) is 7.03. The number of Topliss-reactive ketones (excluding diaryl/α,β-unsaturated/α-hetero) is 2. The maximum atomic E-state index is 10.9. The summed E-state index contributed by atoms with van der Waals surface area (Å²) in [6.45, 7) is 1.94. The van der Waals surface area contributed by atoms with Gasteiger partial charge < -0.3 is 10.2 Å². The molecule has 0 spiro atoms.